The number of carboxylic acids is 1. The average molecular weight is 409 g/mol. The number of aliphatic carboxylic acids is 1. The van der Waals surface area contributed by atoms with Crippen LogP contribution in [-0.2, 0) is 14.8 Å². The van der Waals surface area contributed by atoms with Gasteiger partial charge in [0.2, 0.25) is 10.0 Å². The van der Waals surface area contributed by atoms with Crippen LogP contribution in [0.4, 0.5) is 0 Å². The molecular weight excluding hydrogens is 397 g/mol. The lowest BCUT2D eigenvalue weighted by Crippen LogP contribution is -2.30. The molecule has 24 heavy (non-hydrogen) atoms. The largest absolute Gasteiger partial charge is 0.481 e. The van der Waals surface area contributed by atoms with Crippen molar-refractivity contribution in [1.82, 2.24) is 4.72 Å². The third-order valence-electron chi connectivity index (χ3n) is 3.10. The Morgan fingerprint density at radius 1 is 1.08 bits per heavy atom. The third kappa shape index (κ3) is 4.84. The van der Waals surface area contributed by atoms with Crippen LogP contribution in [0.25, 0.3) is 0 Å². The van der Waals surface area contributed by atoms with Gasteiger partial charge in [-0.1, -0.05) is 53.0 Å². The molecule has 2 rings (SSSR count). The molecule has 9 heteroatoms. The number of carbonyl (C=O) groups is 1. The topological polar surface area (TPSA) is 83.5 Å². The number of carboxylic acid groups (broad SMARTS) is 1. The monoisotopic (exact) mass is 407 g/mol. The van der Waals surface area contributed by atoms with Gasteiger partial charge in [0.25, 0.3) is 0 Å². The van der Waals surface area contributed by atoms with Gasteiger partial charge in [0.1, 0.15) is 0 Å². The van der Waals surface area contributed by atoms with Crippen molar-refractivity contribution in [3.8, 4) is 0 Å². The fourth-order valence-electron chi connectivity index (χ4n) is 2.09. The van der Waals surface area contributed by atoms with Crippen LogP contribution < -0.4 is 4.72 Å². The zero-order valence-corrected chi connectivity index (χ0v) is 15.1. The van der Waals surface area contributed by atoms with Crippen LogP contribution in [0.3, 0.4) is 0 Å². The lowest BCUT2D eigenvalue weighted by molar-refractivity contribution is -0.137. The number of benzene rings is 2. The number of halogens is 3. The van der Waals surface area contributed by atoms with Crippen molar-refractivity contribution in [1.29, 1.82) is 0 Å². The second-order valence-electron chi connectivity index (χ2n) is 4.90. The van der Waals surface area contributed by atoms with Gasteiger partial charge < -0.3 is 5.11 Å². The molecule has 1 atom stereocenters. The van der Waals surface area contributed by atoms with Gasteiger partial charge in [-0.05, 0) is 29.8 Å². The van der Waals surface area contributed by atoms with Gasteiger partial charge in [-0.3, -0.25) is 4.79 Å². The summed E-state index contributed by atoms with van der Waals surface area (Å²) in [5.74, 6) is -1.17. The minimum absolute atomic E-state index is 0.149. The van der Waals surface area contributed by atoms with E-state index in [9.17, 15) is 13.2 Å². The zero-order valence-electron chi connectivity index (χ0n) is 12.0. The lowest BCUT2D eigenvalue weighted by Gasteiger charge is -2.19. The van der Waals surface area contributed by atoms with E-state index in [1.54, 1.807) is 24.3 Å². The summed E-state index contributed by atoms with van der Waals surface area (Å²) in [4.78, 5) is 10.9. The molecule has 0 bridgehead atoms. The van der Waals surface area contributed by atoms with E-state index in [4.69, 9.17) is 39.9 Å². The van der Waals surface area contributed by atoms with Crippen LogP contribution in [0.2, 0.25) is 15.1 Å². The Labute approximate surface area is 154 Å². The molecule has 0 saturated heterocycles. The minimum atomic E-state index is -4.06. The molecule has 0 unspecified atom stereocenters. The van der Waals surface area contributed by atoms with Crippen LogP contribution in [0.5, 0.6) is 0 Å². The Hall–Kier alpha value is -1.31. The molecule has 0 amide bonds. The summed E-state index contributed by atoms with van der Waals surface area (Å²) < 4.78 is 27.4. The van der Waals surface area contributed by atoms with Gasteiger partial charge in [0, 0.05) is 15.1 Å². The standard InChI is InChI=1S/C15H12Cl3NO4S/c16-9-5-10(17)7-11(6-9)24(22,23)19-14(8-15(20)21)12-3-1-2-4-13(12)18/h1-7,14,19H,8H2,(H,20,21)/t14-/m1/s1. The van der Waals surface area contributed by atoms with Crippen LogP contribution in [0.15, 0.2) is 47.4 Å². The maximum atomic E-state index is 12.5. The van der Waals surface area contributed by atoms with Crippen molar-refractivity contribution in [2.24, 2.45) is 0 Å². The van der Waals surface area contributed by atoms with Crippen molar-refractivity contribution in [2.45, 2.75) is 17.4 Å². The lowest BCUT2D eigenvalue weighted by atomic mass is 10.1. The molecule has 0 spiro atoms. The van der Waals surface area contributed by atoms with Gasteiger partial charge in [-0.2, -0.15) is 0 Å². The van der Waals surface area contributed by atoms with E-state index in [2.05, 4.69) is 4.72 Å². The SMILES string of the molecule is O=C(O)C[C@@H](NS(=O)(=O)c1cc(Cl)cc(Cl)c1)c1ccccc1Cl. The van der Waals surface area contributed by atoms with Gasteiger partial charge in [-0.25, -0.2) is 13.1 Å². The van der Waals surface area contributed by atoms with Crippen molar-refractivity contribution in [3.05, 3.63) is 63.1 Å². The Morgan fingerprint density at radius 2 is 1.67 bits per heavy atom. The number of hydrogen-bond acceptors (Lipinski definition) is 3. The third-order valence-corrected chi connectivity index (χ3v) is 5.33. The van der Waals surface area contributed by atoms with Crippen LogP contribution >= 0.6 is 34.8 Å². The molecule has 0 aliphatic carbocycles. The van der Waals surface area contributed by atoms with Crippen molar-refractivity contribution >= 4 is 50.8 Å². The van der Waals surface area contributed by atoms with E-state index in [0.29, 0.717) is 5.56 Å². The molecule has 128 valence electrons. The Bertz CT molecular complexity index is 851. The van der Waals surface area contributed by atoms with Gasteiger partial charge in [0.05, 0.1) is 17.4 Å². The van der Waals surface area contributed by atoms with Gasteiger partial charge >= 0.3 is 5.97 Å². The highest BCUT2D eigenvalue weighted by atomic mass is 35.5. The predicted octanol–water partition coefficient (Wildman–Crippen LogP) is 4.14. The van der Waals surface area contributed by atoms with Crippen molar-refractivity contribution < 1.29 is 18.3 Å². The summed E-state index contributed by atoms with van der Waals surface area (Å²) in [5.41, 5.74) is 0.360. The summed E-state index contributed by atoms with van der Waals surface area (Å²) in [5, 5.41) is 9.63. The number of nitrogens with one attached hydrogen (secondary N) is 1. The second-order valence-corrected chi connectivity index (χ2v) is 7.89. The number of sulfonamides is 1. The maximum absolute atomic E-state index is 12.5. The summed E-state index contributed by atoms with van der Waals surface area (Å²) in [6.45, 7) is 0. The Balaban J connectivity index is 2.41. The summed E-state index contributed by atoms with van der Waals surface area (Å²) in [6, 6.07) is 9.21. The van der Waals surface area contributed by atoms with Crippen LogP contribution in [-0.4, -0.2) is 19.5 Å². The normalized spacial score (nSPS) is 12.8. The number of hydrogen-bond donors (Lipinski definition) is 2. The van der Waals surface area contributed by atoms with Gasteiger partial charge in [0.15, 0.2) is 0 Å². The first-order chi connectivity index (χ1) is 11.2. The fourth-order valence-corrected chi connectivity index (χ4v) is 4.29. The molecule has 2 aromatic carbocycles. The molecule has 0 radical (unpaired) electrons. The highest BCUT2D eigenvalue weighted by molar-refractivity contribution is 7.89. The van der Waals surface area contributed by atoms with E-state index >= 15 is 0 Å². The fraction of sp³-hybridized carbons (Fsp3) is 0.133. The molecular formula is C15H12Cl3NO4S. The summed E-state index contributed by atoms with van der Waals surface area (Å²) >= 11 is 17.7. The summed E-state index contributed by atoms with van der Waals surface area (Å²) in [6.07, 6.45) is -0.475. The van der Waals surface area contributed by atoms with Crippen LogP contribution in [0, 0.1) is 0 Å². The Kier molecular flexibility index (Phi) is 6.11. The van der Waals surface area contributed by atoms with E-state index in [-0.39, 0.29) is 20.0 Å². The molecule has 0 heterocycles. The minimum Gasteiger partial charge on any atom is -0.481 e. The molecule has 2 N–H and O–H groups in total. The van der Waals surface area contributed by atoms with Crippen molar-refractivity contribution in [2.75, 3.05) is 0 Å². The molecule has 0 aliphatic rings. The molecule has 0 saturated carbocycles. The first-order valence-corrected chi connectivity index (χ1v) is 9.25. The summed E-state index contributed by atoms with van der Waals surface area (Å²) in [7, 11) is -4.06. The quantitative estimate of drug-likeness (QED) is 0.752. The zero-order chi connectivity index (χ0) is 17.9. The highest BCUT2D eigenvalue weighted by Gasteiger charge is 2.25. The van der Waals surface area contributed by atoms with Crippen LogP contribution in [0.1, 0.15) is 18.0 Å². The van der Waals surface area contributed by atoms with Crippen molar-refractivity contribution in [3.63, 3.8) is 0 Å². The Morgan fingerprint density at radius 3 is 2.21 bits per heavy atom. The van der Waals surface area contributed by atoms with E-state index in [0.717, 1.165) is 0 Å². The molecule has 5 nitrogen and oxygen atoms in total. The highest BCUT2D eigenvalue weighted by Crippen LogP contribution is 2.28. The first-order valence-electron chi connectivity index (χ1n) is 6.63. The number of rotatable bonds is 6. The van der Waals surface area contributed by atoms with E-state index in [1.807, 2.05) is 0 Å². The molecule has 0 fully saturated rings. The van der Waals surface area contributed by atoms with E-state index in [1.165, 1.54) is 18.2 Å². The maximum Gasteiger partial charge on any atom is 0.305 e. The second kappa shape index (κ2) is 7.72. The molecule has 0 aliphatic heterocycles. The van der Waals surface area contributed by atoms with E-state index < -0.39 is 28.5 Å². The first kappa shape index (κ1) is 19.0. The van der Waals surface area contributed by atoms with Gasteiger partial charge in [-0.15, -0.1) is 0 Å². The predicted molar refractivity (Wildman–Crippen MR) is 93.2 cm³/mol. The molecule has 0 aromatic heterocycles. The molecule has 2 aromatic rings. The smallest absolute Gasteiger partial charge is 0.305 e. The average Bonchev–Trinajstić information content (AvgIpc) is 2.45.